The highest BCUT2D eigenvalue weighted by molar-refractivity contribution is 6.09. The van der Waals surface area contributed by atoms with E-state index in [1.165, 1.54) is 13.1 Å². The van der Waals surface area contributed by atoms with E-state index in [-0.39, 0.29) is 11.6 Å². The molecule has 0 aliphatic heterocycles. The van der Waals surface area contributed by atoms with E-state index in [0.29, 0.717) is 5.56 Å². The Morgan fingerprint density at radius 1 is 1.90 bits per heavy atom. The minimum Gasteiger partial charge on any atom is -0.384 e. The van der Waals surface area contributed by atoms with Crippen molar-refractivity contribution in [2.24, 2.45) is 0 Å². The van der Waals surface area contributed by atoms with Gasteiger partial charge in [0.1, 0.15) is 5.82 Å². The van der Waals surface area contributed by atoms with Gasteiger partial charge >= 0.3 is 0 Å². The first-order chi connectivity index (χ1) is 4.63. The third-order valence-electron chi connectivity index (χ3n) is 1.21. The third kappa shape index (κ3) is 0.898. The van der Waals surface area contributed by atoms with Gasteiger partial charge in [0.15, 0.2) is 5.78 Å². The Balaban J connectivity index is 3.17. The lowest BCUT2D eigenvalue weighted by molar-refractivity contribution is 0.101. The predicted octanol–water partition coefficient (Wildman–Crippen LogP) is -0.401. The molecule has 2 N–H and O–H groups in total. The van der Waals surface area contributed by atoms with Gasteiger partial charge in [-0.2, -0.15) is 5.10 Å². The number of carbonyl (C=O) groups excluding carboxylic acids is 1. The third-order valence-corrected chi connectivity index (χ3v) is 1.21. The number of hydrogen-bond donors (Lipinski definition) is 1. The number of nitrogens with two attached hydrogens (primary N) is 1. The molecule has 0 unspecified atom stereocenters. The van der Waals surface area contributed by atoms with Crippen LogP contribution in [0.15, 0.2) is 6.20 Å². The van der Waals surface area contributed by atoms with Crippen LogP contribution in [0.5, 0.6) is 0 Å². The van der Waals surface area contributed by atoms with Crippen LogP contribution in [0.25, 0.3) is 0 Å². The summed E-state index contributed by atoms with van der Waals surface area (Å²) in [5, 5.41) is 3.59. The van der Waals surface area contributed by atoms with Crippen molar-refractivity contribution >= 4 is 19.6 Å². The van der Waals surface area contributed by atoms with Crippen LogP contribution in [0.2, 0.25) is 0 Å². The van der Waals surface area contributed by atoms with Gasteiger partial charge in [-0.05, 0) is 6.92 Å². The molecule has 0 aromatic carbocycles. The topological polar surface area (TPSA) is 60.9 Å². The first kappa shape index (κ1) is 6.86. The number of Topliss-reactive ketones (excluding diaryl/α,β-unsaturated/α-hetero) is 1. The molecule has 0 atom stereocenters. The van der Waals surface area contributed by atoms with E-state index >= 15 is 0 Å². The quantitative estimate of drug-likeness (QED) is 0.420. The average molecular weight is 135 g/mol. The minimum absolute atomic E-state index is 0.130. The first-order valence-corrected chi connectivity index (χ1v) is 2.72. The Labute approximate surface area is 59.4 Å². The average Bonchev–Trinajstić information content (AvgIpc) is 2.14. The fourth-order valence-corrected chi connectivity index (χ4v) is 0.643. The molecule has 1 rings (SSSR count). The number of hydrogen-bond acceptors (Lipinski definition) is 3. The normalized spacial score (nSPS) is 9.70. The summed E-state index contributed by atoms with van der Waals surface area (Å²) < 4.78 is 0.969. The number of anilines is 1. The maximum absolute atomic E-state index is 10.7. The smallest absolute Gasteiger partial charge is 0.267 e. The zero-order valence-corrected chi connectivity index (χ0v) is 5.53. The van der Waals surface area contributed by atoms with Crippen molar-refractivity contribution in [2.45, 2.75) is 6.92 Å². The highest BCUT2D eigenvalue weighted by Crippen LogP contribution is 2.08. The molecular formula is C5H6BN3O. The van der Waals surface area contributed by atoms with Crippen LogP contribution in [0.1, 0.15) is 17.3 Å². The van der Waals surface area contributed by atoms with E-state index in [4.69, 9.17) is 13.7 Å². The summed E-state index contributed by atoms with van der Waals surface area (Å²) in [5.74, 6) is 0.0710. The van der Waals surface area contributed by atoms with E-state index in [2.05, 4.69) is 5.10 Å². The Morgan fingerprint density at radius 3 is 2.70 bits per heavy atom. The van der Waals surface area contributed by atoms with Crippen molar-refractivity contribution in [1.82, 2.24) is 9.69 Å². The van der Waals surface area contributed by atoms with E-state index < -0.39 is 0 Å². The van der Waals surface area contributed by atoms with Crippen LogP contribution in [0.3, 0.4) is 0 Å². The minimum atomic E-state index is -0.130. The van der Waals surface area contributed by atoms with E-state index in [1.54, 1.807) is 0 Å². The number of rotatable bonds is 1. The van der Waals surface area contributed by atoms with E-state index in [0.717, 1.165) is 4.59 Å². The molecular weight excluding hydrogens is 129 g/mol. The van der Waals surface area contributed by atoms with Gasteiger partial charge in [0.25, 0.3) is 7.98 Å². The van der Waals surface area contributed by atoms with Crippen molar-refractivity contribution in [3.63, 3.8) is 0 Å². The van der Waals surface area contributed by atoms with Crippen LogP contribution in [-0.2, 0) is 0 Å². The van der Waals surface area contributed by atoms with Crippen molar-refractivity contribution < 1.29 is 4.79 Å². The molecule has 10 heavy (non-hydrogen) atoms. The standard InChI is InChI=1S/C5H6BN3O/c1-3(10)4-2-8-9(6)5(4)7/h2H,7H2,1H3. The van der Waals surface area contributed by atoms with Gasteiger partial charge in [0.05, 0.1) is 11.8 Å². The summed E-state index contributed by atoms with van der Waals surface area (Å²) >= 11 is 0. The maximum Gasteiger partial charge on any atom is 0.267 e. The van der Waals surface area contributed by atoms with Gasteiger partial charge in [-0.1, -0.05) is 0 Å². The second kappa shape index (κ2) is 2.17. The second-order valence-electron chi connectivity index (χ2n) is 1.94. The van der Waals surface area contributed by atoms with Gasteiger partial charge in [-0.15, -0.1) is 0 Å². The predicted molar refractivity (Wildman–Crippen MR) is 37.8 cm³/mol. The van der Waals surface area contributed by atoms with Crippen LogP contribution in [-0.4, -0.2) is 23.5 Å². The fourth-order valence-electron chi connectivity index (χ4n) is 0.643. The summed E-state index contributed by atoms with van der Waals surface area (Å²) in [6, 6.07) is 0. The number of carbonyl (C=O) groups is 1. The monoisotopic (exact) mass is 135 g/mol. The van der Waals surface area contributed by atoms with Gasteiger partial charge in [-0.3, -0.25) is 4.79 Å². The Bertz CT molecular complexity index is 268. The lowest BCUT2D eigenvalue weighted by Crippen LogP contribution is -2.03. The summed E-state index contributed by atoms with van der Waals surface area (Å²) in [4.78, 5) is 10.7. The number of ketones is 1. The molecule has 1 aromatic rings. The van der Waals surface area contributed by atoms with Crippen molar-refractivity contribution in [1.29, 1.82) is 0 Å². The fraction of sp³-hybridized carbons (Fsp3) is 0.200. The Hall–Kier alpha value is -1.26. The molecule has 0 aliphatic carbocycles. The molecule has 0 fully saturated rings. The molecule has 5 heteroatoms. The number of nitrogen functional groups attached to an aromatic ring is 1. The molecule has 2 radical (unpaired) electrons. The molecule has 0 bridgehead atoms. The van der Waals surface area contributed by atoms with Gasteiger partial charge < -0.3 is 10.3 Å². The van der Waals surface area contributed by atoms with Crippen molar-refractivity contribution in [3.8, 4) is 0 Å². The lowest BCUT2D eigenvalue weighted by atomic mass is 10.2. The highest BCUT2D eigenvalue weighted by Gasteiger charge is 2.07. The maximum atomic E-state index is 10.7. The second-order valence-corrected chi connectivity index (χ2v) is 1.94. The molecule has 0 amide bonds. The molecule has 50 valence electrons. The van der Waals surface area contributed by atoms with Crippen LogP contribution < -0.4 is 5.73 Å². The zero-order chi connectivity index (χ0) is 7.72. The van der Waals surface area contributed by atoms with E-state index in [9.17, 15) is 4.79 Å². The van der Waals surface area contributed by atoms with Crippen LogP contribution in [0, 0.1) is 0 Å². The highest BCUT2D eigenvalue weighted by atomic mass is 16.1. The van der Waals surface area contributed by atoms with Crippen LogP contribution >= 0.6 is 0 Å². The van der Waals surface area contributed by atoms with Crippen LogP contribution in [0.4, 0.5) is 5.82 Å². The number of nitrogens with zero attached hydrogens (tertiary/aromatic N) is 2. The molecule has 0 aliphatic rings. The van der Waals surface area contributed by atoms with Gasteiger partial charge in [-0.25, -0.2) is 0 Å². The molecule has 1 aromatic heterocycles. The lowest BCUT2D eigenvalue weighted by Gasteiger charge is -1.94. The summed E-state index contributed by atoms with van der Waals surface area (Å²) in [6.45, 7) is 1.41. The summed E-state index contributed by atoms with van der Waals surface area (Å²) in [5.41, 5.74) is 5.72. The zero-order valence-electron chi connectivity index (χ0n) is 5.53. The molecule has 0 spiro atoms. The molecule has 4 nitrogen and oxygen atoms in total. The molecule has 0 saturated heterocycles. The van der Waals surface area contributed by atoms with Gasteiger partial charge in [0, 0.05) is 0 Å². The Kier molecular flexibility index (Phi) is 1.49. The SMILES string of the molecule is [B]n1ncc(C(C)=O)c1N. The summed E-state index contributed by atoms with van der Waals surface area (Å²) in [7, 11) is 5.21. The van der Waals surface area contributed by atoms with Crippen molar-refractivity contribution in [2.75, 3.05) is 5.73 Å². The molecule has 1 heterocycles. The van der Waals surface area contributed by atoms with Gasteiger partial charge in [0.2, 0.25) is 0 Å². The molecule has 0 saturated carbocycles. The summed E-state index contributed by atoms with van der Waals surface area (Å²) in [6.07, 6.45) is 1.34. The Morgan fingerprint density at radius 2 is 2.50 bits per heavy atom. The number of aromatic nitrogens is 2. The van der Waals surface area contributed by atoms with E-state index in [1.807, 2.05) is 0 Å². The van der Waals surface area contributed by atoms with Crippen molar-refractivity contribution in [3.05, 3.63) is 11.8 Å². The largest absolute Gasteiger partial charge is 0.384 e. The first-order valence-electron chi connectivity index (χ1n) is 2.72.